The summed E-state index contributed by atoms with van der Waals surface area (Å²) in [5, 5.41) is 0. The number of hydrogen-bond donors (Lipinski definition) is 0. The molecule has 0 N–H and O–H groups in total. The summed E-state index contributed by atoms with van der Waals surface area (Å²) in [6.07, 6.45) is 0. The van der Waals surface area contributed by atoms with Crippen LogP contribution in [0.25, 0.3) is 0 Å². The molecule has 0 spiro atoms. The van der Waals surface area contributed by atoms with Gasteiger partial charge in [-0.15, -0.1) is 0 Å². The van der Waals surface area contributed by atoms with Crippen LogP contribution in [-0.2, 0) is 0 Å². The van der Waals surface area contributed by atoms with Gasteiger partial charge in [-0.2, -0.15) is 0 Å². The smallest absolute Gasteiger partial charge is 0.151 e. The van der Waals surface area contributed by atoms with Crippen LogP contribution in [0.5, 0.6) is 0 Å². The Kier molecular flexibility index (Phi) is 7.19. The van der Waals surface area contributed by atoms with Crippen LogP contribution in [0.2, 0.25) is 0 Å². The SMILES string of the molecule is CN(C)SC(=S)N1CCN(C(=S)SN(C)C)CC1. The Hall–Kier alpha value is 0.400. The maximum absolute atomic E-state index is 5.41. The van der Waals surface area contributed by atoms with Crippen LogP contribution in [0.3, 0.4) is 0 Å². The molecule has 104 valence electrons. The number of thiocarbonyl (C=S) groups is 2. The second-order valence-corrected chi connectivity index (χ2v) is 8.20. The molecular weight excluding hydrogens is 304 g/mol. The highest BCUT2D eigenvalue weighted by Crippen LogP contribution is 2.17. The number of nitrogens with zero attached hydrogens (tertiary/aromatic N) is 4. The van der Waals surface area contributed by atoms with Crippen LogP contribution in [0.15, 0.2) is 0 Å². The molecule has 0 atom stereocenters. The van der Waals surface area contributed by atoms with E-state index in [2.05, 4.69) is 9.80 Å². The summed E-state index contributed by atoms with van der Waals surface area (Å²) in [6, 6.07) is 0. The maximum atomic E-state index is 5.41. The fourth-order valence-electron chi connectivity index (χ4n) is 1.50. The summed E-state index contributed by atoms with van der Waals surface area (Å²) in [7, 11) is 8.04. The molecule has 18 heavy (non-hydrogen) atoms. The quantitative estimate of drug-likeness (QED) is 0.554. The van der Waals surface area contributed by atoms with Gasteiger partial charge in [-0.25, -0.2) is 0 Å². The molecule has 8 heteroatoms. The first-order valence-electron chi connectivity index (χ1n) is 5.68. The molecule has 1 heterocycles. The highest BCUT2D eigenvalue weighted by atomic mass is 32.2. The second kappa shape index (κ2) is 7.86. The zero-order chi connectivity index (χ0) is 13.7. The summed E-state index contributed by atoms with van der Waals surface area (Å²) >= 11 is 14.0. The molecule has 1 fully saturated rings. The molecule has 1 aliphatic rings. The molecule has 0 saturated carbocycles. The Labute approximate surface area is 129 Å². The summed E-state index contributed by atoms with van der Waals surface area (Å²) in [5.41, 5.74) is 0. The minimum atomic E-state index is 0.950. The van der Waals surface area contributed by atoms with E-state index in [4.69, 9.17) is 24.4 Å². The molecule has 0 aliphatic carbocycles. The van der Waals surface area contributed by atoms with Crippen LogP contribution in [0.4, 0.5) is 0 Å². The zero-order valence-electron chi connectivity index (χ0n) is 11.3. The number of rotatable bonds is 2. The molecule has 1 rings (SSSR count). The molecule has 0 aromatic heterocycles. The lowest BCUT2D eigenvalue weighted by molar-refractivity contribution is 0.270. The van der Waals surface area contributed by atoms with E-state index >= 15 is 0 Å². The molecule has 0 aromatic rings. The van der Waals surface area contributed by atoms with Crippen molar-refractivity contribution in [2.24, 2.45) is 0 Å². The fourth-order valence-corrected chi connectivity index (χ4v) is 3.98. The third kappa shape index (κ3) is 5.58. The highest BCUT2D eigenvalue weighted by Gasteiger charge is 2.21. The fraction of sp³-hybridized carbons (Fsp3) is 0.800. The Balaban J connectivity index is 2.36. The van der Waals surface area contributed by atoms with E-state index in [1.165, 1.54) is 0 Å². The van der Waals surface area contributed by atoms with Crippen molar-refractivity contribution in [1.29, 1.82) is 0 Å². The van der Waals surface area contributed by atoms with E-state index in [1.54, 1.807) is 23.9 Å². The predicted octanol–water partition coefficient (Wildman–Crippen LogP) is 1.59. The normalized spacial score (nSPS) is 16.6. The molecule has 0 radical (unpaired) electrons. The van der Waals surface area contributed by atoms with E-state index in [1.807, 2.05) is 36.8 Å². The maximum Gasteiger partial charge on any atom is 0.151 e. The van der Waals surface area contributed by atoms with Gasteiger partial charge in [0, 0.05) is 26.2 Å². The van der Waals surface area contributed by atoms with Gasteiger partial charge in [-0.05, 0) is 52.1 Å². The Morgan fingerprint density at radius 2 is 1.06 bits per heavy atom. The first kappa shape index (κ1) is 16.5. The Morgan fingerprint density at radius 3 is 1.28 bits per heavy atom. The predicted molar refractivity (Wildman–Crippen MR) is 90.9 cm³/mol. The van der Waals surface area contributed by atoms with Gasteiger partial charge in [0.15, 0.2) is 8.64 Å². The summed E-state index contributed by atoms with van der Waals surface area (Å²) in [6.45, 7) is 3.81. The number of hydrogen-bond acceptors (Lipinski definition) is 6. The van der Waals surface area contributed by atoms with Crippen LogP contribution in [0, 0.1) is 0 Å². The third-order valence-electron chi connectivity index (χ3n) is 2.32. The topological polar surface area (TPSA) is 13.0 Å². The van der Waals surface area contributed by atoms with Gasteiger partial charge in [0.05, 0.1) is 0 Å². The van der Waals surface area contributed by atoms with Crippen LogP contribution in [-0.4, -0.2) is 81.4 Å². The van der Waals surface area contributed by atoms with Crippen molar-refractivity contribution in [3.05, 3.63) is 0 Å². The summed E-state index contributed by atoms with van der Waals surface area (Å²) in [5.74, 6) is 0. The highest BCUT2D eigenvalue weighted by molar-refractivity contribution is 8.21. The first-order valence-corrected chi connectivity index (χ1v) is 8.05. The minimum absolute atomic E-state index is 0.950. The molecular formula is C10H20N4S4. The zero-order valence-corrected chi connectivity index (χ0v) is 14.5. The lowest BCUT2D eigenvalue weighted by Crippen LogP contribution is -2.49. The lowest BCUT2D eigenvalue weighted by Gasteiger charge is -2.37. The minimum Gasteiger partial charge on any atom is -0.353 e. The van der Waals surface area contributed by atoms with Gasteiger partial charge >= 0.3 is 0 Å². The van der Waals surface area contributed by atoms with E-state index in [0.29, 0.717) is 0 Å². The van der Waals surface area contributed by atoms with Gasteiger partial charge in [-0.3, -0.25) is 8.61 Å². The molecule has 0 aromatic carbocycles. The molecule has 0 unspecified atom stereocenters. The van der Waals surface area contributed by atoms with Crippen molar-refractivity contribution in [2.45, 2.75) is 0 Å². The van der Waals surface area contributed by atoms with E-state index in [9.17, 15) is 0 Å². The molecule has 4 nitrogen and oxygen atoms in total. The van der Waals surface area contributed by atoms with E-state index in [0.717, 1.165) is 34.8 Å². The van der Waals surface area contributed by atoms with Gasteiger partial charge in [0.1, 0.15) is 0 Å². The monoisotopic (exact) mass is 324 g/mol. The van der Waals surface area contributed by atoms with Crippen molar-refractivity contribution in [3.8, 4) is 0 Å². The first-order chi connectivity index (χ1) is 8.40. The third-order valence-corrected chi connectivity index (χ3v) is 4.84. The van der Waals surface area contributed by atoms with Crippen molar-refractivity contribution < 1.29 is 0 Å². The van der Waals surface area contributed by atoms with Crippen molar-refractivity contribution in [3.63, 3.8) is 0 Å². The summed E-state index contributed by atoms with van der Waals surface area (Å²) in [4.78, 5) is 4.50. The average Bonchev–Trinajstić information content (AvgIpc) is 2.27. The van der Waals surface area contributed by atoms with E-state index in [-0.39, 0.29) is 0 Å². The van der Waals surface area contributed by atoms with Crippen molar-refractivity contribution in [2.75, 3.05) is 54.4 Å². The average molecular weight is 325 g/mol. The van der Waals surface area contributed by atoms with Crippen molar-refractivity contribution in [1.82, 2.24) is 18.4 Å². The van der Waals surface area contributed by atoms with Gasteiger partial charge in [-0.1, -0.05) is 24.4 Å². The molecule has 1 saturated heterocycles. The van der Waals surface area contributed by atoms with Crippen molar-refractivity contribution >= 4 is 57.0 Å². The van der Waals surface area contributed by atoms with Crippen LogP contribution >= 0.6 is 48.3 Å². The molecule has 0 amide bonds. The van der Waals surface area contributed by atoms with Gasteiger partial charge in [0.25, 0.3) is 0 Å². The van der Waals surface area contributed by atoms with Gasteiger partial charge < -0.3 is 9.80 Å². The van der Waals surface area contributed by atoms with Crippen LogP contribution < -0.4 is 0 Å². The lowest BCUT2D eigenvalue weighted by atomic mass is 10.4. The van der Waals surface area contributed by atoms with Crippen LogP contribution in [0.1, 0.15) is 0 Å². The van der Waals surface area contributed by atoms with E-state index < -0.39 is 0 Å². The number of piperazine rings is 1. The molecule has 0 bridgehead atoms. The Morgan fingerprint density at radius 1 is 0.778 bits per heavy atom. The molecule has 1 aliphatic heterocycles. The van der Waals surface area contributed by atoms with Gasteiger partial charge in [0.2, 0.25) is 0 Å². The second-order valence-electron chi connectivity index (χ2n) is 4.31. The standard InChI is InChI=1S/C10H20N4S4/c1-11(2)17-9(15)13-5-7-14(8-6-13)10(16)18-12(3)4/h5-8H2,1-4H3. The summed E-state index contributed by atoms with van der Waals surface area (Å²) < 4.78 is 5.96. The Bertz CT molecular complexity index is 270. The largest absolute Gasteiger partial charge is 0.353 e.